The van der Waals surface area contributed by atoms with Crippen molar-refractivity contribution in [2.75, 3.05) is 6.67 Å². The van der Waals surface area contributed by atoms with Crippen molar-refractivity contribution in [3.05, 3.63) is 0 Å². The normalized spacial score (nSPS) is 7.50. The molecule has 0 rings (SSSR count). The number of alkyl halides is 1. The number of hydrogen-bond donors (Lipinski definition) is 0. The molecular formula is C2H4FSb. The van der Waals surface area contributed by atoms with E-state index in [0.29, 0.717) is 4.37 Å². The van der Waals surface area contributed by atoms with Gasteiger partial charge in [0.25, 0.3) is 0 Å². The SMILES string of the molecule is FC[CH2][Sb]. The molecule has 0 fully saturated rings. The zero-order valence-corrected chi connectivity index (χ0v) is 4.79. The van der Waals surface area contributed by atoms with E-state index in [-0.39, 0.29) is 6.67 Å². The number of halogens is 1. The van der Waals surface area contributed by atoms with Gasteiger partial charge in [-0.15, -0.1) is 0 Å². The Bertz CT molecular complexity index is 8.00. The van der Waals surface area contributed by atoms with Crippen molar-refractivity contribution < 1.29 is 4.39 Å². The van der Waals surface area contributed by atoms with Crippen molar-refractivity contribution in [3.63, 3.8) is 0 Å². The Morgan fingerprint density at radius 2 is 2.00 bits per heavy atom. The van der Waals surface area contributed by atoms with E-state index in [2.05, 4.69) is 0 Å². The van der Waals surface area contributed by atoms with Crippen molar-refractivity contribution >= 4 is 23.0 Å². The van der Waals surface area contributed by atoms with Crippen molar-refractivity contribution in [3.8, 4) is 0 Å². The summed E-state index contributed by atoms with van der Waals surface area (Å²) in [6.07, 6.45) is 0. The fourth-order valence-corrected chi connectivity index (χ4v) is 0. The topological polar surface area (TPSA) is 0 Å². The molecule has 0 bridgehead atoms. The molecule has 4 heavy (non-hydrogen) atoms. The van der Waals surface area contributed by atoms with E-state index in [1.807, 2.05) is 0 Å². The fraction of sp³-hybridized carbons (Fsp3) is 1.00. The van der Waals surface area contributed by atoms with Gasteiger partial charge in [0.1, 0.15) is 0 Å². The molecule has 0 aromatic heterocycles. The van der Waals surface area contributed by atoms with Gasteiger partial charge in [-0.1, -0.05) is 0 Å². The van der Waals surface area contributed by atoms with Crippen molar-refractivity contribution in [1.29, 1.82) is 0 Å². The van der Waals surface area contributed by atoms with Crippen molar-refractivity contribution in [2.24, 2.45) is 0 Å². The van der Waals surface area contributed by atoms with Crippen molar-refractivity contribution in [2.45, 2.75) is 4.37 Å². The Morgan fingerprint density at radius 1 is 1.75 bits per heavy atom. The van der Waals surface area contributed by atoms with Gasteiger partial charge in [0.15, 0.2) is 0 Å². The summed E-state index contributed by atoms with van der Waals surface area (Å²) in [5, 5.41) is 0. The van der Waals surface area contributed by atoms with Crippen LogP contribution in [0, 0.1) is 0 Å². The Labute approximate surface area is 38.9 Å². The van der Waals surface area contributed by atoms with Gasteiger partial charge in [-0.25, -0.2) is 0 Å². The Kier molecular flexibility index (Phi) is 4.45. The van der Waals surface area contributed by atoms with Crippen LogP contribution >= 0.6 is 0 Å². The summed E-state index contributed by atoms with van der Waals surface area (Å²) in [6.45, 7) is -0.158. The monoisotopic (exact) mass is 168 g/mol. The molecule has 0 aliphatic carbocycles. The molecule has 0 aliphatic heterocycles. The van der Waals surface area contributed by atoms with Gasteiger partial charge in [-0.3, -0.25) is 0 Å². The molecule has 24 valence electrons. The van der Waals surface area contributed by atoms with E-state index >= 15 is 0 Å². The predicted octanol–water partition coefficient (Wildman–Crippen LogP) is 0.543. The third kappa shape index (κ3) is 2.75. The molecule has 0 unspecified atom stereocenters. The van der Waals surface area contributed by atoms with Crippen molar-refractivity contribution in [1.82, 2.24) is 0 Å². The molecule has 0 aliphatic rings. The first-order valence-corrected chi connectivity index (χ1v) is 2.89. The van der Waals surface area contributed by atoms with Gasteiger partial charge in [0.2, 0.25) is 0 Å². The Hall–Kier alpha value is 0.748. The van der Waals surface area contributed by atoms with Crippen LogP contribution in [0.15, 0.2) is 0 Å². The zero-order chi connectivity index (χ0) is 3.41. The van der Waals surface area contributed by atoms with E-state index in [9.17, 15) is 4.39 Å². The van der Waals surface area contributed by atoms with E-state index in [0.717, 1.165) is 0 Å². The Morgan fingerprint density at radius 3 is 2.00 bits per heavy atom. The van der Waals surface area contributed by atoms with Crippen LogP contribution in [0.3, 0.4) is 0 Å². The fourth-order valence-electron chi connectivity index (χ4n) is 0. The third-order valence-electron chi connectivity index (χ3n) is 0.0845. The van der Waals surface area contributed by atoms with Crippen LogP contribution in [0.5, 0.6) is 0 Å². The quantitative estimate of drug-likeness (QED) is 0.502. The van der Waals surface area contributed by atoms with Crippen LogP contribution < -0.4 is 0 Å². The second-order valence-corrected chi connectivity index (χ2v) is 1.69. The molecule has 0 N–H and O–H groups in total. The maximum absolute atomic E-state index is 10.7. The molecular weight excluding hydrogens is 165 g/mol. The summed E-state index contributed by atoms with van der Waals surface area (Å²) in [6, 6.07) is 0. The average molecular weight is 169 g/mol. The van der Waals surface area contributed by atoms with Crippen LogP contribution in [0.1, 0.15) is 0 Å². The molecule has 0 saturated heterocycles. The van der Waals surface area contributed by atoms with Crippen LogP contribution in [0.2, 0.25) is 4.37 Å². The summed E-state index contributed by atoms with van der Waals surface area (Å²) in [5.41, 5.74) is 0. The molecule has 0 spiro atoms. The molecule has 2 heteroatoms. The maximum atomic E-state index is 10.7. The van der Waals surface area contributed by atoms with Crippen LogP contribution in [0.4, 0.5) is 4.39 Å². The van der Waals surface area contributed by atoms with E-state index < -0.39 is 0 Å². The minimum absolute atomic E-state index is 0.158. The average Bonchev–Trinajstić information content (AvgIpc) is 1.37. The summed E-state index contributed by atoms with van der Waals surface area (Å²) in [5.74, 6) is 0. The first-order chi connectivity index (χ1) is 1.91. The van der Waals surface area contributed by atoms with Gasteiger partial charge >= 0.3 is 38.5 Å². The number of rotatable bonds is 1. The van der Waals surface area contributed by atoms with Gasteiger partial charge in [0.05, 0.1) is 0 Å². The summed E-state index contributed by atoms with van der Waals surface area (Å²) in [4.78, 5) is 0. The van der Waals surface area contributed by atoms with Crippen LogP contribution in [-0.2, 0) is 0 Å². The first kappa shape index (κ1) is 4.75. The van der Waals surface area contributed by atoms with Gasteiger partial charge in [-0.2, -0.15) is 0 Å². The molecule has 0 atom stereocenters. The zero-order valence-electron chi connectivity index (χ0n) is 2.24. The first-order valence-electron chi connectivity index (χ1n) is 1.08. The van der Waals surface area contributed by atoms with Gasteiger partial charge in [-0.05, 0) is 0 Å². The molecule has 0 aromatic rings. The second kappa shape index (κ2) is 3.75. The minimum atomic E-state index is -0.158. The molecule has 0 amide bonds. The van der Waals surface area contributed by atoms with E-state index in [4.69, 9.17) is 0 Å². The molecule has 2 radical (unpaired) electrons. The van der Waals surface area contributed by atoms with Crippen LogP contribution in [-0.4, -0.2) is 29.7 Å². The third-order valence-corrected chi connectivity index (χ3v) is 0.567. The predicted molar refractivity (Wildman–Crippen MR) is 16.5 cm³/mol. The van der Waals surface area contributed by atoms with Gasteiger partial charge < -0.3 is 0 Å². The summed E-state index contributed by atoms with van der Waals surface area (Å²) < 4.78 is 11.4. The molecule has 0 nitrogen and oxygen atoms in total. The summed E-state index contributed by atoms with van der Waals surface area (Å²) in [7, 11) is 0. The molecule has 0 saturated carbocycles. The summed E-state index contributed by atoms with van der Waals surface area (Å²) >= 11 is 1.52. The standard InChI is InChI=1S/C2H4F.Sb/c1-2-3;/h1-2H2;. The van der Waals surface area contributed by atoms with E-state index in [1.165, 1.54) is 23.0 Å². The van der Waals surface area contributed by atoms with E-state index in [1.54, 1.807) is 0 Å². The molecule has 0 heterocycles. The van der Waals surface area contributed by atoms with Crippen LogP contribution in [0.25, 0.3) is 0 Å². The molecule has 0 aromatic carbocycles. The van der Waals surface area contributed by atoms with Gasteiger partial charge in [0, 0.05) is 0 Å². The Balaban J connectivity index is 1.97. The number of hydrogen-bond acceptors (Lipinski definition) is 0. The second-order valence-electron chi connectivity index (χ2n) is 0.413.